The summed E-state index contributed by atoms with van der Waals surface area (Å²) in [4.78, 5) is 12.0. The van der Waals surface area contributed by atoms with E-state index in [0.29, 0.717) is 18.9 Å². The first-order valence-electron chi connectivity index (χ1n) is 12.4. The normalized spacial score (nSPS) is 13.2. The van der Waals surface area contributed by atoms with Gasteiger partial charge in [-0.25, -0.2) is 0 Å². The quantitative estimate of drug-likeness (QED) is 0.182. The maximum atomic E-state index is 12.0. The van der Waals surface area contributed by atoms with Gasteiger partial charge in [-0.3, -0.25) is 4.79 Å². The SMILES string of the molecule is CCCCC(C)CCCCCCCCCCC(CC(=O)OCC)c1ccccc1. The second-order valence-electron chi connectivity index (χ2n) is 8.77. The van der Waals surface area contributed by atoms with E-state index in [9.17, 15) is 4.79 Å². The standard InChI is InChI=1S/C27H46O2/c1-4-6-18-24(3)19-14-11-9-7-8-10-12-15-22-26(23-27(28)29-5-2)25-20-16-13-17-21-25/h13,16-17,20-21,24,26H,4-12,14-15,18-19,22-23H2,1-3H3. The van der Waals surface area contributed by atoms with Crippen molar-refractivity contribution in [1.82, 2.24) is 0 Å². The van der Waals surface area contributed by atoms with Gasteiger partial charge >= 0.3 is 5.97 Å². The van der Waals surface area contributed by atoms with E-state index in [1.807, 2.05) is 13.0 Å². The van der Waals surface area contributed by atoms with Crippen LogP contribution in [0.4, 0.5) is 0 Å². The fourth-order valence-electron chi connectivity index (χ4n) is 4.17. The minimum absolute atomic E-state index is 0.0645. The van der Waals surface area contributed by atoms with Crippen molar-refractivity contribution in [3.63, 3.8) is 0 Å². The van der Waals surface area contributed by atoms with Crippen molar-refractivity contribution in [3.8, 4) is 0 Å². The first-order chi connectivity index (χ1) is 14.2. The fraction of sp³-hybridized carbons (Fsp3) is 0.741. The van der Waals surface area contributed by atoms with Gasteiger partial charge in [-0.2, -0.15) is 0 Å². The predicted octanol–water partition coefficient (Wildman–Crippen LogP) is 8.45. The number of unbranched alkanes of at least 4 members (excludes halogenated alkanes) is 8. The zero-order chi connectivity index (χ0) is 21.2. The summed E-state index contributed by atoms with van der Waals surface area (Å²) in [7, 11) is 0. The van der Waals surface area contributed by atoms with E-state index in [2.05, 4.69) is 38.1 Å². The lowest BCUT2D eigenvalue weighted by atomic mass is 9.90. The lowest BCUT2D eigenvalue weighted by Gasteiger charge is -2.16. The highest BCUT2D eigenvalue weighted by Crippen LogP contribution is 2.27. The Bertz CT molecular complexity index is 497. The second kappa shape index (κ2) is 17.5. The van der Waals surface area contributed by atoms with E-state index in [-0.39, 0.29) is 5.97 Å². The van der Waals surface area contributed by atoms with Crippen molar-refractivity contribution in [2.45, 2.75) is 117 Å². The minimum atomic E-state index is -0.0645. The molecule has 0 heterocycles. The summed E-state index contributed by atoms with van der Waals surface area (Å²) in [6, 6.07) is 10.5. The molecule has 0 aliphatic carbocycles. The molecule has 29 heavy (non-hydrogen) atoms. The number of hydrogen-bond acceptors (Lipinski definition) is 2. The number of benzene rings is 1. The van der Waals surface area contributed by atoms with Crippen LogP contribution in [-0.2, 0) is 9.53 Å². The van der Waals surface area contributed by atoms with Crippen LogP contribution >= 0.6 is 0 Å². The lowest BCUT2D eigenvalue weighted by Crippen LogP contribution is -2.10. The van der Waals surface area contributed by atoms with Gasteiger partial charge in [0.1, 0.15) is 0 Å². The van der Waals surface area contributed by atoms with Crippen LogP contribution < -0.4 is 0 Å². The van der Waals surface area contributed by atoms with Gasteiger partial charge < -0.3 is 4.74 Å². The summed E-state index contributed by atoms with van der Waals surface area (Å²) in [5.41, 5.74) is 1.27. The summed E-state index contributed by atoms with van der Waals surface area (Å²) in [5, 5.41) is 0. The summed E-state index contributed by atoms with van der Waals surface area (Å²) < 4.78 is 5.18. The van der Waals surface area contributed by atoms with Crippen molar-refractivity contribution >= 4 is 5.97 Å². The van der Waals surface area contributed by atoms with Crippen molar-refractivity contribution in [2.24, 2.45) is 5.92 Å². The molecule has 166 valence electrons. The molecule has 2 heteroatoms. The number of carbonyl (C=O) groups excluding carboxylic acids is 1. The maximum Gasteiger partial charge on any atom is 0.306 e. The Labute approximate surface area is 180 Å². The molecular weight excluding hydrogens is 356 g/mol. The molecule has 2 atom stereocenters. The molecule has 0 N–H and O–H groups in total. The molecule has 0 spiro atoms. The Kier molecular flexibility index (Phi) is 15.6. The first-order valence-corrected chi connectivity index (χ1v) is 12.4. The molecular formula is C27H46O2. The molecule has 0 saturated heterocycles. The Morgan fingerprint density at radius 3 is 1.93 bits per heavy atom. The van der Waals surface area contributed by atoms with Crippen LogP contribution in [0.15, 0.2) is 30.3 Å². The topological polar surface area (TPSA) is 26.3 Å². The number of esters is 1. The largest absolute Gasteiger partial charge is 0.466 e. The van der Waals surface area contributed by atoms with Gasteiger partial charge in [-0.05, 0) is 30.7 Å². The fourth-order valence-corrected chi connectivity index (χ4v) is 4.17. The Morgan fingerprint density at radius 1 is 0.793 bits per heavy atom. The van der Waals surface area contributed by atoms with Gasteiger partial charge in [0.2, 0.25) is 0 Å². The van der Waals surface area contributed by atoms with Gasteiger partial charge in [0.05, 0.1) is 13.0 Å². The highest BCUT2D eigenvalue weighted by molar-refractivity contribution is 5.70. The number of hydrogen-bond donors (Lipinski definition) is 0. The lowest BCUT2D eigenvalue weighted by molar-refractivity contribution is -0.143. The molecule has 0 amide bonds. The van der Waals surface area contributed by atoms with Crippen LogP contribution in [0.5, 0.6) is 0 Å². The Morgan fingerprint density at radius 2 is 1.34 bits per heavy atom. The highest BCUT2D eigenvalue weighted by Gasteiger charge is 2.16. The zero-order valence-electron chi connectivity index (χ0n) is 19.5. The Hall–Kier alpha value is -1.31. The van der Waals surface area contributed by atoms with Crippen molar-refractivity contribution in [1.29, 1.82) is 0 Å². The van der Waals surface area contributed by atoms with Gasteiger partial charge in [0.25, 0.3) is 0 Å². The van der Waals surface area contributed by atoms with Crippen molar-refractivity contribution in [2.75, 3.05) is 6.61 Å². The molecule has 1 aromatic carbocycles. The van der Waals surface area contributed by atoms with Crippen LogP contribution in [0.3, 0.4) is 0 Å². The molecule has 1 rings (SSSR count). The average Bonchev–Trinajstić information content (AvgIpc) is 2.73. The molecule has 0 aliphatic rings. The van der Waals surface area contributed by atoms with E-state index in [1.54, 1.807) is 0 Å². The summed E-state index contributed by atoms with van der Waals surface area (Å²) in [6.45, 7) is 7.05. The molecule has 0 bridgehead atoms. The second-order valence-corrected chi connectivity index (χ2v) is 8.77. The molecule has 1 aromatic rings. The molecule has 2 nitrogen and oxygen atoms in total. The third-order valence-corrected chi connectivity index (χ3v) is 6.04. The zero-order valence-corrected chi connectivity index (χ0v) is 19.5. The monoisotopic (exact) mass is 402 g/mol. The van der Waals surface area contributed by atoms with Gasteiger partial charge in [-0.15, -0.1) is 0 Å². The van der Waals surface area contributed by atoms with Crippen molar-refractivity contribution in [3.05, 3.63) is 35.9 Å². The van der Waals surface area contributed by atoms with Crippen LogP contribution in [0.2, 0.25) is 0 Å². The molecule has 0 aromatic heterocycles. The molecule has 0 saturated carbocycles. The summed E-state index contributed by atoms with van der Waals surface area (Å²) >= 11 is 0. The average molecular weight is 403 g/mol. The highest BCUT2D eigenvalue weighted by atomic mass is 16.5. The third kappa shape index (κ3) is 13.5. The molecule has 0 radical (unpaired) electrons. The Balaban J connectivity index is 2.11. The molecule has 2 unspecified atom stereocenters. The van der Waals surface area contributed by atoms with Crippen LogP contribution in [0.25, 0.3) is 0 Å². The van der Waals surface area contributed by atoms with Gasteiger partial charge in [0.15, 0.2) is 0 Å². The minimum Gasteiger partial charge on any atom is -0.466 e. The maximum absolute atomic E-state index is 12.0. The van der Waals surface area contributed by atoms with E-state index in [4.69, 9.17) is 4.74 Å². The molecule has 0 fully saturated rings. The molecule has 0 aliphatic heterocycles. The van der Waals surface area contributed by atoms with Gasteiger partial charge in [-0.1, -0.05) is 121 Å². The van der Waals surface area contributed by atoms with E-state index in [0.717, 1.165) is 12.3 Å². The van der Waals surface area contributed by atoms with Crippen molar-refractivity contribution < 1.29 is 9.53 Å². The van der Waals surface area contributed by atoms with Crippen LogP contribution in [0.1, 0.15) is 122 Å². The van der Waals surface area contributed by atoms with Crippen LogP contribution in [0, 0.1) is 5.92 Å². The summed E-state index contributed by atoms with van der Waals surface area (Å²) in [6.07, 6.45) is 17.9. The van der Waals surface area contributed by atoms with E-state index >= 15 is 0 Å². The van der Waals surface area contributed by atoms with Gasteiger partial charge in [0, 0.05) is 0 Å². The van der Waals surface area contributed by atoms with E-state index in [1.165, 1.54) is 82.6 Å². The number of ether oxygens (including phenoxy) is 1. The van der Waals surface area contributed by atoms with E-state index < -0.39 is 0 Å². The third-order valence-electron chi connectivity index (χ3n) is 6.04. The predicted molar refractivity (Wildman–Crippen MR) is 125 cm³/mol. The number of carbonyl (C=O) groups is 1. The smallest absolute Gasteiger partial charge is 0.306 e. The number of rotatable bonds is 18. The van der Waals surface area contributed by atoms with Crippen LogP contribution in [-0.4, -0.2) is 12.6 Å². The summed E-state index contributed by atoms with van der Waals surface area (Å²) in [5.74, 6) is 1.15. The first kappa shape index (κ1) is 25.7.